The first-order valence-corrected chi connectivity index (χ1v) is 12.2. The quantitative estimate of drug-likeness (QED) is 0.352. The number of rotatable bonds is 7. The standard InChI is InChI=1S/C31H31N3O4/c1-18(2)33-30(36)22-9-7-8-21(14-22)24-17-25-26(15-23(24)16-27(35)34(5)6)38-29(28(25)31(37)32-4)20-12-10-19(3)11-13-20/h7-15,17H,1,16H2,2-6H3,(H,32,37)(H,33,36). The number of nitrogens with zero attached hydrogens (tertiary/aromatic N) is 1. The number of fused-ring (bicyclic) bond motifs is 1. The lowest BCUT2D eigenvalue weighted by Crippen LogP contribution is -2.23. The van der Waals surface area contributed by atoms with E-state index in [4.69, 9.17) is 4.42 Å². The van der Waals surface area contributed by atoms with Crippen LogP contribution in [0.1, 0.15) is 38.8 Å². The van der Waals surface area contributed by atoms with E-state index in [9.17, 15) is 14.4 Å². The SMILES string of the molecule is C=C(C)NC(=O)c1cccc(-c2cc3c(C(=O)NC)c(-c4ccc(C)cc4)oc3cc2CC(=O)N(C)C)c1. The Morgan fingerprint density at radius 2 is 1.66 bits per heavy atom. The first-order valence-electron chi connectivity index (χ1n) is 12.2. The number of likely N-dealkylation sites (N-methyl/N-ethyl adjacent to an activating group) is 1. The van der Waals surface area contributed by atoms with Gasteiger partial charge in [0.05, 0.1) is 12.0 Å². The molecule has 0 saturated carbocycles. The van der Waals surface area contributed by atoms with E-state index < -0.39 is 0 Å². The van der Waals surface area contributed by atoms with E-state index in [1.54, 1.807) is 46.3 Å². The van der Waals surface area contributed by atoms with E-state index in [-0.39, 0.29) is 24.1 Å². The van der Waals surface area contributed by atoms with Crippen molar-refractivity contribution in [2.24, 2.45) is 0 Å². The average molecular weight is 510 g/mol. The Labute approximate surface area is 222 Å². The van der Waals surface area contributed by atoms with Crippen molar-refractivity contribution in [2.75, 3.05) is 21.1 Å². The Morgan fingerprint density at radius 3 is 2.29 bits per heavy atom. The molecule has 0 aliphatic carbocycles. The molecule has 0 aliphatic rings. The summed E-state index contributed by atoms with van der Waals surface area (Å²) < 4.78 is 6.27. The van der Waals surface area contributed by atoms with Gasteiger partial charge in [0.25, 0.3) is 11.8 Å². The fourth-order valence-electron chi connectivity index (χ4n) is 4.27. The topological polar surface area (TPSA) is 91.6 Å². The van der Waals surface area contributed by atoms with Crippen LogP contribution in [0.3, 0.4) is 0 Å². The normalized spacial score (nSPS) is 10.8. The fourth-order valence-corrected chi connectivity index (χ4v) is 4.27. The summed E-state index contributed by atoms with van der Waals surface area (Å²) in [6.45, 7) is 7.45. The zero-order chi connectivity index (χ0) is 27.6. The maximum atomic E-state index is 13.1. The monoisotopic (exact) mass is 509 g/mol. The Morgan fingerprint density at radius 1 is 0.947 bits per heavy atom. The predicted octanol–water partition coefficient (Wildman–Crippen LogP) is 5.33. The molecule has 38 heavy (non-hydrogen) atoms. The molecule has 194 valence electrons. The van der Waals surface area contributed by atoms with Crippen LogP contribution in [0.4, 0.5) is 0 Å². The second-order valence-electron chi connectivity index (χ2n) is 9.54. The summed E-state index contributed by atoms with van der Waals surface area (Å²) in [6, 6.07) is 18.6. The van der Waals surface area contributed by atoms with Gasteiger partial charge in [-0.05, 0) is 54.8 Å². The molecule has 0 fully saturated rings. The molecule has 4 aromatic rings. The minimum absolute atomic E-state index is 0.0846. The molecule has 4 rings (SSSR count). The van der Waals surface area contributed by atoms with Gasteiger partial charge in [0.15, 0.2) is 0 Å². The highest BCUT2D eigenvalue weighted by molar-refractivity contribution is 6.12. The summed E-state index contributed by atoms with van der Waals surface area (Å²) in [5.74, 6) is -0.186. The number of carbonyl (C=O) groups excluding carboxylic acids is 3. The van der Waals surface area contributed by atoms with Crippen molar-refractivity contribution < 1.29 is 18.8 Å². The Kier molecular flexibility index (Phi) is 7.48. The van der Waals surface area contributed by atoms with Gasteiger partial charge in [-0.25, -0.2) is 0 Å². The van der Waals surface area contributed by atoms with Crippen LogP contribution in [0.25, 0.3) is 33.4 Å². The summed E-state index contributed by atoms with van der Waals surface area (Å²) >= 11 is 0. The molecule has 0 bridgehead atoms. The molecule has 2 N–H and O–H groups in total. The summed E-state index contributed by atoms with van der Waals surface area (Å²) in [5.41, 5.74) is 5.97. The number of amides is 3. The molecule has 1 aromatic heterocycles. The zero-order valence-electron chi connectivity index (χ0n) is 22.3. The maximum absolute atomic E-state index is 13.1. The van der Waals surface area contributed by atoms with Gasteiger partial charge in [-0.15, -0.1) is 0 Å². The molecule has 3 amide bonds. The van der Waals surface area contributed by atoms with Crippen molar-refractivity contribution in [3.8, 4) is 22.5 Å². The molecule has 0 aliphatic heterocycles. The van der Waals surface area contributed by atoms with Crippen LogP contribution in [0.5, 0.6) is 0 Å². The molecule has 0 spiro atoms. The Hall–Kier alpha value is -4.65. The summed E-state index contributed by atoms with van der Waals surface area (Å²) in [6.07, 6.45) is 0.121. The van der Waals surface area contributed by atoms with Crippen LogP contribution in [0.15, 0.2) is 77.4 Å². The first kappa shape index (κ1) is 26.4. The van der Waals surface area contributed by atoms with Crippen LogP contribution >= 0.6 is 0 Å². The Bertz CT molecular complexity index is 1560. The molecule has 1 heterocycles. The largest absolute Gasteiger partial charge is 0.455 e. The van der Waals surface area contributed by atoms with E-state index in [0.29, 0.717) is 33.6 Å². The van der Waals surface area contributed by atoms with Crippen molar-refractivity contribution in [3.05, 3.63) is 95.2 Å². The second-order valence-corrected chi connectivity index (χ2v) is 9.54. The van der Waals surface area contributed by atoms with Crippen LogP contribution < -0.4 is 10.6 Å². The smallest absolute Gasteiger partial charge is 0.255 e. The third kappa shape index (κ3) is 5.37. The number of hydrogen-bond donors (Lipinski definition) is 2. The van der Waals surface area contributed by atoms with E-state index in [2.05, 4.69) is 17.2 Å². The van der Waals surface area contributed by atoms with Gasteiger partial charge >= 0.3 is 0 Å². The third-order valence-electron chi connectivity index (χ3n) is 6.28. The van der Waals surface area contributed by atoms with E-state index in [0.717, 1.165) is 27.8 Å². The highest BCUT2D eigenvalue weighted by Crippen LogP contribution is 2.38. The fraction of sp³-hybridized carbons (Fsp3) is 0.194. The molecule has 0 saturated heterocycles. The third-order valence-corrected chi connectivity index (χ3v) is 6.28. The van der Waals surface area contributed by atoms with Crippen LogP contribution in [-0.4, -0.2) is 43.8 Å². The van der Waals surface area contributed by atoms with Gasteiger partial charge in [0.2, 0.25) is 5.91 Å². The number of hydrogen-bond acceptors (Lipinski definition) is 4. The van der Waals surface area contributed by atoms with Crippen molar-refractivity contribution in [2.45, 2.75) is 20.3 Å². The lowest BCUT2D eigenvalue weighted by molar-refractivity contribution is -0.127. The maximum Gasteiger partial charge on any atom is 0.255 e. The van der Waals surface area contributed by atoms with Gasteiger partial charge in [0.1, 0.15) is 11.3 Å². The number of nitrogens with one attached hydrogen (secondary N) is 2. The minimum Gasteiger partial charge on any atom is -0.455 e. The number of benzene rings is 3. The number of aryl methyl sites for hydroxylation is 1. The second kappa shape index (κ2) is 10.8. The number of furan rings is 1. The van der Waals surface area contributed by atoms with Crippen molar-refractivity contribution in [3.63, 3.8) is 0 Å². The summed E-state index contributed by atoms with van der Waals surface area (Å²) in [5, 5.41) is 6.07. The first-order chi connectivity index (χ1) is 18.1. The van der Waals surface area contributed by atoms with Gasteiger partial charge in [0, 0.05) is 43.4 Å². The summed E-state index contributed by atoms with van der Waals surface area (Å²) in [4.78, 5) is 40.1. The van der Waals surface area contributed by atoms with Crippen LogP contribution in [0, 0.1) is 6.92 Å². The highest BCUT2D eigenvalue weighted by atomic mass is 16.3. The molecule has 7 nitrogen and oxygen atoms in total. The van der Waals surface area contributed by atoms with E-state index in [1.807, 2.05) is 49.4 Å². The number of carbonyl (C=O) groups is 3. The van der Waals surface area contributed by atoms with Gasteiger partial charge in [-0.1, -0.05) is 48.5 Å². The minimum atomic E-state index is -0.281. The zero-order valence-corrected chi connectivity index (χ0v) is 22.3. The van der Waals surface area contributed by atoms with Crippen LogP contribution in [0.2, 0.25) is 0 Å². The lowest BCUT2D eigenvalue weighted by Gasteiger charge is -2.15. The average Bonchev–Trinajstić information content (AvgIpc) is 3.26. The van der Waals surface area contributed by atoms with E-state index in [1.165, 1.54) is 4.90 Å². The summed E-state index contributed by atoms with van der Waals surface area (Å²) in [7, 11) is 4.99. The van der Waals surface area contributed by atoms with Crippen molar-refractivity contribution in [1.82, 2.24) is 15.5 Å². The predicted molar refractivity (Wildman–Crippen MR) is 150 cm³/mol. The van der Waals surface area contributed by atoms with Crippen molar-refractivity contribution in [1.29, 1.82) is 0 Å². The van der Waals surface area contributed by atoms with E-state index >= 15 is 0 Å². The van der Waals surface area contributed by atoms with Crippen molar-refractivity contribution >= 4 is 28.7 Å². The van der Waals surface area contributed by atoms with Gasteiger partial charge in [-0.2, -0.15) is 0 Å². The van der Waals surface area contributed by atoms with Gasteiger partial charge in [-0.3, -0.25) is 14.4 Å². The molecule has 3 aromatic carbocycles. The molecule has 0 atom stereocenters. The molecule has 0 unspecified atom stereocenters. The lowest BCUT2D eigenvalue weighted by atomic mass is 9.93. The molecule has 0 radical (unpaired) electrons. The molecule has 7 heteroatoms. The Balaban J connectivity index is 1.97. The molecular weight excluding hydrogens is 478 g/mol. The molecular formula is C31H31N3O4. The highest BCUT2D eigenvalue weighted by Gasteiger charge is 2.24. The van der Waals surface area contributed by atoms with Gasteiger partial charge < -0.3 is 20.0 Å². The number of allylic oxidation sites excluding steroid dienone is 1. The van der Waals surface area contributed by atoms with Crippen LogP contribution in [-0.2, 0) is 11.2 Å².